The van der Waals surface area contributed by atoms with Crippen molar-refractivity contribution in [2.45, 2.75) is 39.5 Å². The van der Waals surface area contributed by atoms with E-state index >= 15 is 0 Å². The molecular formula is C17H26N2O. The van der Waals surface area contributed by atoms with Gasteiger partial charge >= 0.3 is 0 Å². The van der Waals surface area contributed by atoms with Crippen LogP contribution in [0, 0.1) is 18.8 Å². The third-order valence-corrected chi connectivity index (χ3v) is 4.18. The normalized spacial score (nSPS) is 22.5. The molecule has 1 aromatic rings. The van der Waals surface area contributed by atoms with Crippen LogP contribution >= 0.6 is 0 Å². The van der Waals surface area contributed by atoms with E-state index in [4.69, 9.17) is 0 Å². The molecule has 110 valence electrons. The summed E-state index contributed by atoms with van der Waals surface area (Å²) in [5, 5.41) is 6.26. The number of aryl methyl sites for hydroxylation is 1. The van der Waals surface area contributed by atoms with Crippen molar-refractivity contribution in [1.82, 2.24) is 5.32 Å². The highest BCUT2D eigenvalue weighted by Crippen LogP contribution is 2.27. The number of benzene rings is 1. The number of hydrogen-bond donors (Lipinski definition) is 2. The summed E-state index contributed by atoms with van der Waals surface area (Å²) in [6.07, 6.45) is 5.30. The first-order chi connectivity index (χ1) is 9.65. The molecule has 0 saturated heterocycles. The topological polar surface area (TPSA) is 41.1 Å². The van der Waals surface area contributed by atoms with E-state index in [2.05, 4.69) is 17.6 Å². The smallest absolute Gasteiger partial charge is 0.238 e. The van der Waals surface area contributed by atoms with Crippen LogP contribution in [0.25, 0.3) is 0 Å². The summed E-state index contributed by atoms with van der Waals surface area (Å²) >= 11 is 0. The lowest BCUT2D eigenvalue weighted by Gasteiger charge is -2.26. The number of anilines is 1. The number of carbonyl (C=O) groups is 1. The van der Waals surface area contributed by atoms with Gasteiger partial charge in [0.25, 0.3) is 0 Å². The predicted molar refractivity (Wildman–Crippen MR) is 83.8 cm³/mol. The first kappa shape index (κ1) is 15.0. The lowest BCUT2D eigenvalue weighted by molar-refractivity contribution is -0.115. The highest BCUT2D eigenvalue weighted by Gasteiger charge is 2.18. The Labute approximate surface area is 122 Å². The van der Waals surface area contributed by atoms with E-state index in [1.54, 1.807) is 0 Å². The SMILES string of the molecule is Cc1ccccc1NC(=O)CNCC1CCCC(C)C1. The molecule has 20 heavy (non-hydrogen) atoms. The average Bonchev–Trinajstić information content (AvgIpc) is 2.41. The van der Waals surface area contributed by atoms with Gasteiger partial charge in [0, 0.05) is 5.69 Å². The first-order valence-electron chi connectivity index (χ1n) is 7.71. The molecule has 1 amide bonds. The number of hydrogen-bond acceptors (Lipinski definition) is 2. The van der Waals surface area contributed by atoms with E-state index in [-0.39, 0.29) is 5.91 Å². The molecule has 2 rings (SSSR count). The fraction of sp³-hybridized carbons (Fsp3) is 0.588. The molecule has 2 atom stereocenters. The summed E-state index contributed by atoms with van der Waals surface area (Å²) in [6.45, 7) is 5.70. The van der Waals surface area contributed by atoms with Gasteiger partial charge in [-0.05, 0) is 49.8 Å². The van der Waals surface area contributed by atoms with Crippen LogP contribution in [0.4, 0.5) is 5.69 Å². The standard InChI is InChI=1S/C17H26N2O/c1-13-6-5-8-15(10-13)11-18-12-17(20)19-16-9-4-3-7-14(16)2/h3-4,7,9,13,15,18H,5-6,8,10-12H2,1-2H3,(H,19,20). The van der Waals surface area contributed by atoms with Gasteiger partial charge in [0.1, 0.15) is 0 Å². The summed E-state index contributed by atoms with van der Waals surface area (Å²) in [4.78, 5) is 11.9. The molecule has 1 fully saturated rings. The van der Waals surface area contributed by atoms with E-state index in [0.717, 1.165) is 29.6 Å². The van der Waals surface area contributed by atoms with E-state index in [1.807, 2.05) is 31.2 Å². The molecule has 0 aromatic heterocycles. The number of rotatable bonds is 5. The minimum absolute atomic E-state index is 0.0446. The Balaban J connectivity index is 1.69. The molecule has 1 aromatic carbocycles. The van der Waals surface area contributed by atoms with Crippen molar-refractivity contribution in [2.24, 2.45) is 11.8 Å². The Morgan fingerprint density at radius 1 is 1.30 bits per heavy atom. The predicted octanol–water partition coefficient (Wildman–Crippen LogP) is 3.35. The van der Waals surface area contributed by atoms with Gasteiger partial charge in [0.15, 0.2) is 0 Å². The maximum absolute atomic E-state index is 11.9. The zero-order valence-electron chi connectivity index (χ0n) is 12.6. The van der Waals surface area contributed by atoms with Gasteiger partial charge in [-0.2, -0.15) is 0 Å². The van der Waals surface area contributed by atoms with E-state index < -0.39 is 0 Å². The minimum atomic E-state index is 0.0446. The molecule has 2 unspecified atom stereocenters. The Hall–Kier alpha value is -1.35. The zero-order chi connectivity index (χ0) is 14.4. The molecule has 0 spiro atoms. The number of nitrogens with one attached hydrogen (secondary N) is 2. The van der Waals surface area contributed by atoms with Crippen LogP contribution in [0.5, 0.6) is 0 Å². The van der Waals surface area contributed by atoms with Crippen molar-refractivity contribution in [1.29, 1.82) is 0 Å². The fourth-order valence-corrected chi connectivity index (χ4v) is 3.04. The number of carbonyl (C=O) groups excluding carboxylic acids is 1. The maximum Gasteiger partial charge on any atom is 0.238 e. The highest BCUT2D eigenvalue weighted by atomic mass is 16.1. The average molecular weight is 274 g/mol. The molecule has 0 aliphatic heterocycles. The number of para-hydroxylation sites is 1. The van der Waals surface area contributed by atoms with Gasteiger partial charge < -0.3 is 10.6 Å². The van der Waals surface area contributed by atoms with Gasteiger partial charge in [-0.3, -0.25) is 4.79 Å². The monoisotopic (exact) mass is 274 g/mol. The molecule has 2 N–H and O–H groups in total. The molecule has 3 heteroatoms. The zero-order valence-corrected chi connectivity index (χ0v) is 12.6. The van der Waals surface area contributed by atoms with Gasteiger partial charge in [-0.15, -0.1) is 0 Å². The molecule has 3 nitrogen and oxygen atoms in total. The largest absolute Gasteiger partial charge is 0.325 e. The molecule has 0 heterocycles. The number of amides is 1. The summed E-state index contributed by atoms with van der Waals surface area (Å²) in [7, 11) is 0. The van der Waals surface area contributed by atoms with Crippen LogP contribution in [0.3, 0.4) is 0 Å². The lowest BCUT2D eigenvalue weighted by Crippen LogP contribution is -2.33. The Bertz CT molecular complexity index is 444. The van der Waals surface area contributed by atoms with Crippen molar-refractivity contribution in [3.63, 3.8) is 0 Å². The second-order valence-electron chi connectivity index (χ2n) is 6.13. The third kappa shape index (κ3) is 4.64. The first-order valence-corrected chi connectivity index (χ1v) is 7.71. The maximum atomic E-state index is 11.9. The van der Waals surface area contributed by atoms with Crippen molar-refractivity contribution in [3.05, 3.63) is 29.8 Å². The van der Waals surface area contributed by atoms with Crippen LogP contribution in [0.1, 0.15) is 38.2 Å². The van der Waals surface area contributed by atoms with Crippen LogP contribution < -0.4 is 10.6 Å². The third-order valence-electron chi connectivity index (χ3n) is 4.18. The molecule has 1 aliphatic rings. The van der Waals surface area contributed by atoms with E-state index in [9.17, 15) is 4.79 Å². The Morgan fingerprint density at radius 2 is 2.10 bits per heavy atom. The van der Waals surface area contributed by atoms with Gasteiger partial charge in [-0.25, -0.2) is 0 Å². The Kier molecular flexibility index (Phi) is 5.60. The second kappa shape index (κ2) is 7.44. The Morgan fingerprint density at radius 3 is 2.85 bits per heavy atom. The van der Waals surface area contributed by atoms with Crippen LogP contribution in [0.15, 0.2) is 24.3 Å². The molecule has 1 saturated carbocycles. The molecule has 1 aliphatic carbocycles. The van der Waals surface area contributed by atoms with Gasteiger partial charge in [0.05, 0.1) is 6.54 Å². The summed E-state index contributed by atoms with van der Waals surface area (Å²) in [5.74, 6) is 1.63. The summed E-state index contributed by atoms with van der Waals surface area (Å²) in [5.41, 5.74) is 2.01. The van der Waals surface area contributed by atoms with E-state index in [1.165, 1.54) is 25.7 Å². The van der Waals surface area contributed by atoms with Gasteiger partial charge in [0.2, 0.25) is 5.91 Å². The molecular weight excluding hydrogens is 248 g/mol. The highest BCUT2D eigenvalue weighted by molar-refractivity contribution is 5.92. The van der Waals surface area contributed by atoms with Gasteiger partial charge in [-0.1, -0.05) is 38.0 Å². The fourth-order valence-electron chi connectivity index (χ4n) is 3.04. The minimum Gasteiger partial charge on any atom is -0.325 e. The summed E-state index contributed by atoms with van der Waals surface area (Å²) < 4.78 is 0. The van der Waals surface area contributed by atoms with Crippen molar-refractivity contribution in [3.8, 4) is 0 Å². The van der Waals surface area contributed by atoms with Crippen LogP contribution in [-0.4, -0.2) is 19.0 Å². The van der Waals surface area contributed by atoms with Crippen molar-refractivity contribution >= 4 is 11.6 Å². The second-order valence-corrected chi connectivity index (χ2v) is 6.13. The van der Waals surface area contributed by atoms with Crippen molar-refractivity contribution in [2.75, 3.05) is 18.4 Å². The van der Waals surface area contributed by atoms with Crippen molar-refractivity contribution < 1.29 is 4.79 Å². The van der Waals surface area contributed by atoms with Crippen LogP contribution in [-0.2, 0) is 4.79 Å². The van der Waals surface area contributed by atoms with E-state index in [0.29, 0.717) is 6.54 Å². The quantitative estimate of drug-likeness (QED) is 0.864. The summed E-state index contributed by atoms with van der Waals surface area (Å²) in [6, 6.07) is 7.87. The van der Waals surface area contributed by atoms with Crippen LogP contribution in [0.2, 0.25) is 0 Å². The lowest BCUT2D eigenvalue weighted by atomic mass is 9.82. The molecule has 0 bridgehead atoms. The molecule has 0 radical (unpaired) electrons.